The Morgan fingerprint density at radius 3 is 2.48 bits per heavy atom. The number of amides is 5. The van der Waals surface area contributed by atoms with Crippen LogP contribution in [0.3, 0.4) is 0 Å². The molecule has 0 radical (unpaired) electrons. The first kappa shape index (κ1) is 42.1. The van der Waals surface area contributed by atoms with Crippen molar-refractivity contribution in [1.29, 1.82) is 0 Å². The molecule has 4 saturated heterocycles. The average molecular weight is 876 g/mol. The number of halogens is 3. The van der Waals surface area contributed by atoms with E-state index < -0.39 is 30.2 Å². The van der Waals surface area contributed by atoms with Crippen LogP contribution in [0.2, 0.25) is 5.02 Å². The maximum atomic E-state index is 14.3. The molecule has 0 bridgehead atoms. The topological polar surface area (TPSA) is 174 Å². The first-order chi connectivity index (χ1) is 29.9. The number of carbonyl (C=O) groups excluding carboxylic acids is 4. The van der Waals surface area contributed by atoms with E-state index >= 15 is 0 Å². The number of nitrogens with one attached hydrogen (secondary N) is 2. The predicted molar refractivity (Wildman–Crippen MR) is 227 cm³/mol. The molecule has 5 amide bonds. The second kappa shape index (κ2) is 17.5. The van der Waals surface area contributed by atoms with Gasteiger partial charge in [-0.1, -0.05) is 11.6 Å². The smallest absolute Gasteiger partial charge is 0.328 e. The van der Waals surface area contributed by atoms with Gasteiger partial charge in [0.1, 0.15) is 11.4 Å². The van der Waals surface area contributed by atoms with Gasteiger partial charge < -0.3 is 25.1 Å². The summed E-state index contributed by atoms with van der Waals surface area (Å²) in [6, 6.07) is 6.12. The zero-order valence-corrected chi connectivity index (χ0v) is 35.3. The highest BCUT2D eigenvalue weighted by Crippen LogP contribution is 2.47. The predicted octanol–water partition coefficient (Wildman–Crippen LogP) is 5.93. The number of anilines is 3. The molecule has 5 aliphatic rings. The van der Waals surface area contributed by atoms with Crippen LogP contribution in [0.15, 0.2) is 42.9 Å². The number of imide groups is 1. The van der Waals surface area contributed by atoms with Gasteiger partial charge in [0.05, 0.1) is 34.7 Å². The van der Waals surface area contributed by atoms with E-state index in [1.165, 1.54) is 21.8 Å². The summed E-state index contributed by atoms with van der Waals surface area (Å²) in [6.07, 6.45) is 10.9. The Hall–Kier alpha value is -5.20. The van der Waals surface area contributed by atoms with E-state index in [-0.39, 0.29) is 47.5 Å². The Labute approximate surface area is 362 Å². The minimum Gasteiger partial charge on any atom is -0.391 e. The van der Waals surface area contributed by atoms with Gasteiger partial charge >= 0.3 is 6.03 Å². The summed E-state index contributed by atoms with van der Waals surface area (Å²) >= 11 is 6.42. The van der Waals surface area contributed by atoms with E-state index in [9.17, 15) is 33.1 Å². The molecular weight excluding hydrogens is 824 g/mol. The van der Waals surface area contributed by atoms with Crippen molar-refractivity contribution >= 4 is 58.2 Å². The number of likely N-dealkylation sites (tertiary alicyclic amines) is 2. The molecule has 1 spiro atoms. The van der Waals surface area contributed by atoms with Gasteiger partial charge in [0.15, 0.2) is 11.3 Å². The van der Waals surface area contributed by atoms with E-state index in [4.69, 9.17) is 11.6 Å². The largest absolute Gasteiger partial charge is 0.391 e. The molecule has 19 heteroatoms. The zero-order chi connectivity index (χ0) is 43.1. The molecule has 16 nitrogen and oxygen atoms in total. The summed E-state index contributed by atoms with van der Waals surface area (Å²) in [5, 5.41) is 24.0. The van der Waals surface area contributed by atoms with Gasteiger partial charge in [-0.2, -0.15) is 10.2 Å². The lowest BCUT2D eigenvalue weighted by atomic mass is 9.65. The molecular formula is C43H52ClF2N11O5. The number of benzene rings is 1. The fraction of sp³-hybridized carbons (Fsp3) is 0.558. The highest BCUT2D eigenvalue weighted by molar-refractivity contribution is 6.34. The summed E-state index contributed by atoms with van der Waals surface area (Å²) in [7, 11) is 0. The lowest BCUT2D eigenvalue weighted by Crippen LogP contribution is -2.49. The lowest BCUT2D eigenvalue weighted by molar-refractivity contribution is -0.120. The highest BCUT2D eigenvalue weighted by atomic mass is 35.5. The van der Waals surface area contributed by atoms with Gasteiger partial charge in [-0.05, 0) is 99.8 Å². The third-order valence-electron chi connectivity index (χ3n) is 13.8. The summed E-state index contributed by atoms with van der Waals surface area (Å²) in [5.41, 5.74) is 1.05. The van der Waals surface area contributed by atoms with Gasteiger partial charge in [0, 0.05) is 76.7 Å². The molecule has 1 atom stereocenters. The van der Waals surface area contributed by atoms with E-state index in [0.29, 0.717) is 53.3 Å². The number of piperidine rings is 3. The van der Waals surface area contributed by atoms with Gasteiger partial charge in [0.25, 0.3) is 18.2 Å². The Morgan fingerprint density at radius 1 is 0.984 bits per heavy atom. The van der Waals surface area contributed by atoms with Gasteiger partial charge in [0.2, 0.25) is 5.91 Å². The van der Waals surface area contributed by atoms with Crippen molar-refractivity contribution < 1.29 is 33.1 Å². The number of alkyl halides is 2. The number of carbonyl (C=O) groups is 4. The van der Waals surface area contributed by atoms with Crippen LogP contribution >= 0.6 is 11.6 Å². The van der Waals surface area contributed by atoms with Crippen molar-refractivity contribution in [3.05, 3.63) is 64.7 Å². The monoisotopic (exact) mass is 875 g/mol. The van der Waals surface area contributed by atoms with Crippen molar-refractivity contribution in [3.63, 3.8) is 0 Å². The number of aliphatic hydroxyl groups is 1. The number of rotatable bonds is 9. The Kier molecular flexibility index (Phi) is 11.9. The number of urea groups is 1. The fourth-order valence-corrected chi connectivity index (χ4v) is 10.3. The minimum absolute atomic E-state index is 0.0319. The van der Waals surface area contributed by atoms with Gasteiger partial charge in [-0.25, -0.2) is 23.1 Å². The van der Waals surface area contributed by atoms with E-state index in [2.05, 4.69) is 30.7 Å². The Balaban J connectivity index is 0.751. The molecule has 1 saturated carbocycles. The second-order valence-corrected chi connectivity index (χ2v) is 18.1. The van der Waals surface area contributed by atoms with Crippen molar-refractivity contribution in [3.8, 4) is 0 Å². The van der Waals surface area contributed by atoms with E-state index in [1.54, 1.807) is 35.1 Å². The number of hydrogen-bond acceptors (Lipinski definition) is 10. The average Bonchev–Trinajstić information content (AvgIpc) is 3.90. The number of aromatic nitrogens is 5. The maximum absolute atomic E-state index is 14.3. The molecule has 1 aromatic carbocycles. The Morgan fingerprint density at radius 2 is 1.76 bits per heavy atom. The van der Waals surface area contributed by atoms with Crippen LogP contribution in [0, 0.1) is 11.3 Å². The van der Waals surface area contributed by atoms with Crippen LogP contribution in [-0.2, 0) is 4.79 Å². The molecule has 330 valence electrons. The minimum atomic E-state index is -2.88. The first-order valence-electron chi connectivity index (χ1n) is 21.8. The number of hydrogen-bond donors (Lipinski definition) is 3. The number of fused-ring (bicyclic) bond motifs is 1. The van der Waals surface area contributed by atoms with Crippen LogP contribution in [0.25, 0.3) is 5.65 Å². The molecule has 0 unspecified atom stereocenters. The van der Waals surface area contributed by atoms with E-state index in [1.807, 2.05) is 9.80 Å². The number of nitrogens with zero attached hydrogens (tertiary/aromatic N) is 9. The molecule has 5 fully saturated rings. The van der Waals surface area contributed by atoms with Crippen LogP contribution in [0.5, 0.6) is 0 Å². The van der Waals surface area contributed by atoms with Crippen molar-refractivity contribution in [1.82, 2.24) is 39.5 Å². The van der Waals surface area contributed by atoms with Gasteiger partial charge in [-0.15, -0.1) is 0 Å². The zero-order valence-electron chi connectivity index (χ0n) is 34.5. The van der Waals surface area contributed by atoms with Crippen LogP contribution in [0.1, 0.15) is 110 Å². The quantitative estimate of drug-likeness (QED) is 0.183. The van der Waals surface area contributed by atoms with Crippen LogP contribution < -0.4 is 20.4 Å². The maximum Gasteiger partial charge on any atom is 0.328 e. The summed E-state index contributed by atoms with van der Waals surface area (Å²) in [6.45, 7) is 5.35. The third kappa shape index (κ3) is 8.73. The Bertz CT molecular complexity index is 2330. The third-order valence-corrected chi connectivity index (χ3v) is 14.1. The molecule has 7 heterocycles. The molecule has 62 heavy (non-hydrogen) atoms. The SMILES string of the molecule is O=C1CCN(c2cc(C(=O)N3CCC4(CCC(CN5CCC(n6cc(NC(=O)c7cnn8ccc(N9CCC[C@H](O)C9)nc78)c(C(F)F)n6)CC5)CC4)CC3)ccc2Cl)C(=O)N1. The molecule has 4 aromatic rings. The van der Waals surface area contributed by atoms with Gasteiger partial charge in [-0.3, -0.25) is 29.3 Å². The summed E-state index contributed by atoms with van der Waals surface area (Å²) in [5.74, 6) is 0.151. The van der Waals surface area contributed by atoms with Crippen molar-refractivity contribution in [2.24, 2.45) is 11.3 Å². The first-order valence-corrected chi connectivity index (χ1v) is 22.2. The van der Waals surface area contributed by atoms with Crippen LogP contribution in [-0.4, -0.2) is 121 Å². The summed E-state index contributed by atoms with van der Waals surface area (Å²) in [4.78, 5) is 63.6. The number of aliphatic hydroxyl groups excluding tert-OH is 1. The molecule has 9 rings (SSSR count). The molecule has 3 N–H and O–H groups in total. The molecule has 4 aliphatic heterocycles. The lowest BCUT2D eigenvalue weighted by Gasteiger charge is -2.47. The van der Waals surface area contributed by atoms with Crippen molar-refractivity contribution in [2.45, 2.75) is 89.2 Å². The standard InChI is InChI=1S/C43H52ClF2N11O5/c44-32-4-3-28(22-34(32)55-18-10-36(59)50-42(55)62)41(61)53-20-13-43(14-21-53)11-5-27(6-12-43)24-52-16-7-29(8-17-52)57-26-33(37(51-57)38(45)46)48-40(60)31-23-47-56-19-9-35(49-39(31)56)54-15-1-2-30(58)25-54/h3-4,9,19,22-23,26-27,29-30,38,58H,1-2,5-8,10-18,20-21,24-25H2,(H,48,60)(H,50,59,62)/t30-/m0/s1. The highest BCUT2D eigenvalue weighted by Gasteiger charge is 2.40. The molecule has 1 aliphatic carbocycles. The van der Waals surface area contributed by atoms with Crippen LogP contribution in [0.4, 0.5) is 30.8 Å². The number of β-amino-alcohol motifs (C(OH)–C–C–N with tert-alkyl or cyclic N) is 1. The fourth-order valence-electron chi connectivity index (χ4n) is 10.1. The normalized spacial score (nSPS) is 21.9. The second-order valence-electron chi connectivity index (χ2n) is 17.7. The van der Waals surface area contributed by atoms with E-state index in [0.717, 1.165) is 90.4 Å². The molecule has 3 aromatic heterocycles. The van der Waals surface area contributed by atoms with Crippen molar-refractivity contribution in [2.75, 3.05) is 67.5 Å². The summed E-state index contributed by atoms with van der Waals surface area (Å²) < 4.78 is 31.7.